The summed E-state index contributed by atoms with van der Waals surface area (Å²) in [5.41, 5.74) is 5.23. The molecule has 1 aromatic rings. The van der Waals surface area contributed by atoms with Crippen LogP contribution in [0.25, 0.3) is 0 Å². The van der Waals surface area contributed by atoms with Crippen molar-refractivity contribution in [3.63, 3.8) is 0 Å². The lowest BCUT2D eigenvalue weighted by Gasteiger charge is -2.18. The van der Waals surface area contributed by atoms with Crippen molar-refractivity contribution in [2.45, 2.75) is 17.7 Å². The van der Waals surface area contributed by atoms with E-state index >= 15 is 0 Å². The van der Waals surface area contributed by atoms with Gasteiger partial charge in [-0.15, -0.1) is 0 Å². The highest BCUT2D eigenvalue weighted by atomic mass is 32.2. The molecule has 118 valence electrons. The summed E-state index contributed by atoms with van der Waals surface area (Å²) in [6.45, 7) is 0.874. The van der Waals surface area contributed by atoms with Crippen molar-refractivity contribution in [1.82, 2.24) is 4.31 Å². The molecule has 5 nitrogen and oxygen atoms in total. The van der Waals surface area contributed by atoms with Gasteiger partial charge in [0.1, 0.15) is 4.90 Å². The Morgan fingerprint density at radius 3 is 2.67 bits per heavy atom. The molecule has 1 fully saturated rings. The van der Waals surface area contributed by atoms with Gasteiger partial charge in [-0.25, -0.2) is 17.2 Å². The maximum Gasteiger partial charge on any atom is 0.246 e. The Kier molecular flexibility index (Phi) is 4.80. The fourth-order valence-electron chi connectivity index (χ4n) is 1.79. The van der Waals surface area contributed by atoms with E-state index < -0.39 is 26.6 Å². The zero-order valence-corrected chi connectivity index (χ0v) is 12.5. The summed E-state index contributed by atoms with van der Waals surface area (Å²) < 4.78 is 57.6. The molecule has 0 bridgehead atoms. The third-order valence-electron chi connectivity index (χ3n) is 3.31. The number of nitrogens with zero attached hydrogens (tertiary/aromatic N) is 1. The number of hydrogen-bond donors (Lipinski definition) is 1. The smallest absolute Gasteiger partial charge is 0.246 e. The average molecular weight is 320 g/mol. The van der Waals surface area contributed by atoms with Crippen LogP contribution in [0.2, 0.25) is 0 Å². The van der Waals surface area contributed by atoms with Gasteiger partial charge in [0.15, 0.2) is 11.6 Å². The van der Waals surface area contributed by atoms with Gasteiger partial charge in [0.2, 0.25) is 10.0 Å². The topological polar surface area (TPSA) is 72.6 Å². The van der Waals surface area contributed by atoms with Crippen LogP contribution in [-0.4, -0.2) is 39.5 Å². The summed E-state index contributed by atoms with van der Waals surface area (Å²) in [5.74, 6) is -2.13. The predicted octanol–water partition coefficient (Wildman–Crippen LogP) is 1.59. The van der Waals surface area contributed by atoms with Gasteiger partial charge in [-0.3, -0.25) is 0 Å². The number of nitrogen functional groups attached to an aromatic ring is 1. The van der Waals surface area contributed by atoms with Crippen molar-refractivity contribution in [2.24, 2.45) is 5.92 Å². The van der Waals surface area contributed by atoms with Gasteiger partial charge < -0.3 is 10.5 Å². The highest BCUT2D eigenvalue weighted by molar-refractivity contribution is 7.89. The molecule has 0 amide bonds. The first-order valence-electron chi connectivity index (χ1n) is 6.61. The molecule has 1 saturated carbocycles. The minimum absolute atomic E-state index is 0.0604. The van der Waals surface area contributed by atoms with Gasteiger partial charge in [-0.2, -0.15) is 4.31 Å². The average Bonchev–Trinajstić information content (AvgIpc) is 3.22. The first-order valence-corrected chi connectivity index (χ1v) is 8.05. The maximum atomic E-state index is 13.7. The van der Waals surface area contributed by atoms with Gasteiger partial charge in [-0.1, -0.05) is 0 Å². The number of benzene rings is 1. The molecule has 8 heteroatoms. The highest BCUT2D eigenvalue weighted by Gasteiger charge is 2.27. The van der Waals surface area contributed by atoms with E-state index in [0.717, 1.165) is 29.3 Å². The minimum Gasteiger partial charge on any atom is -0.399 e. The summed E-state index contributed by atoms with van der Waals surface area (Å²) in [5, 5.41) is 0. The van der Waals surface area contributed by atoms with E-state index in [2.05, 4.69) is 0 Å². The monoisotopic (exact) mass is 320 g/mol. The summed E-state index contributed by atoms with van der Waals surface area (Å²) in [4.78, 5) is -0.760. The molecular formula is C13H18F2N2O3S. The third-order valence-corrected chi connectivity index (χ3v) is 5.16. The number of hydrogen-bond acceptors (Lipinski definition) is 4. The molecule has 0 spiro atoms. The Bertz CT molecular complexity index is 618. The molecule has 1 aromatic carbocycles. The van der Waals surface area contributed by atoms with Crippen molar-refractivity contribution in [3.05, 3.63) is 23.8 Å². The molecule has 0 aliphatic heterocycles. The van der Waals surface area contributed by atoms with E-state index in [-0.39, 0.29) is 18.8 Å². The van der Waals surface area contributed by atoms with E-state index in [1.165, 1.54) is 7.05 Å². The Morgan fingerprint density at radius 1 is 1.38 bits per heavy atom. The van der Waals surface area contributed by atoms with E-state index in [9.17, 15) is 17.2 Å². The normalized spacial score (nSPS) is 15.6. The molecular weight excluding hydrogens is 302 g/mol. The van der Waals surface area contributed by atoms with E-state index in [4.69, 9.17) is 10.5 Å². The maximum absolute atomic E-state index is 13.7. The predicted molar refractivity (Wildman–Crippen MR) is 74.1 cm³/mol. The van der Waals surface area contributed by atoms with E-state index in [1.54, 1.807) is 0 Å². The SMILES string of the molecule is CN(CCOCC1CC1)S(=O)(=O)c1cc(N)cc(F)c1F. The van der Waals surface area contributed by atoms with Crippen molar-refractivity contribution < 1.29 is 21.9 Å². The van der Waals surface area contributed by atoms with Gasteiger partial charge in [0.05, 0.1) is 6.61 Å². The van der Waals surface area contributed by atoms with Crippen molar-refractivity contribution in [1.29, 1.82) is 0 Å². The molecule has 1 aliphatic rings. The lowest BCUT2D eigenvalue weighted by Crippen LogP contribution is -2.31. The molecule has 0 saturated heterocycles. The molecule has 2 N–H and O–H groups in total. The van der Waals surface area contributed by atoms with Crippen LogP contribution in [0.1, 0.15) is 12.8 Å². The van der Waals surface area contributed by atoms with E-state index in [1.807, 2.05) is 0 Å². The molecule has 21 heavy (non-hydrogen) atoms. The largest absolute Gasteiger partial charge is 0.399 e. The van der Waals surface area contributed by atoms with Crippen LogP contribution < -0.4 is 5.73 Å². The molecule has 0 atom stereocenters. The lowest BCUT2D eigenvalue weighted by atomic mass is 10.3. The first-order chi connectivity index (χ1) is 9.82. The second kappa shape index (κ2) is 6.25. The zero-order chi connectivity index (χ0) is 15.6. The van der Waals surface area contributed by atoms with Crippen LogP contribution in [0.15, 0.2) is 17.0 Å². The fourth-order valence-corrected chi connectivity index (χ4v) is 3.05. The molecule has 0 unspecified atom stereocenters. The second-order valence-corrected chi connectivity index (χ2v) is 7.17. The summed E-state index contributed by atoms with van der Waals surface area (Å²) >= 11 is 0. The Hall–Kier alpha value is -1.25. The van der Waals surface area contributed by atoms with Crippen LogP contribution in [-0.2, 0) is 14.8 Å². The summed E-state index contributed by atoms with van der Waals surface area (Å²) in [7, 11) is -2.85. The summed E-state index contributed by atoms with van der Waals surface area (Å²) in [6.07, 6.45) is 2.28. The van der Waals surface area contributed by atoms with Crippen LogP contribution in [0.4, 0.5) is 14.5 Å². The molecule has 2 rings (SSSR count). The number of nitrogens with two attached hydrogens (primary N) is 1. The quantitative estimate of drug-likeness (QED) is 0.612. The Morgan fingerprint density at radius 2 is 2.05 bits per heavy atom. The molecule has 0 heterocycles. The van der Waals surface area contributed by atoms with Crippen LogP contribution in [0, 0.1) is 17.6 Å². The second-order valence-electron chi connectivity index (χ2n) is 5.16. The number of anilines is 1. The van der Waals surface area contributed by atoms with Crippen molar-refractivity contribution >= 4 is 15.7 Å². The lowest BCUT2D eigenvalue weighted by molar-refractivity contribution is 0.117. The van der Waals surface area contributed by atoms with Crippen LogP contribution in [0.5, 0.6) is 0 Å². The summed E-state index contributed by atoms with van der Waals surface area (Å²) in [6, 6.07) is 1.66. The van der Waals surface area contributed by atoms with Crippen LogP contribution >= 0.6 is 0 Å². The zero-order valence-electron chi connectivity index (χ0n) is 11.7. The number of ether oxygens (including phenoxy) is 1. The standard InChI is InChI=1S/C13H18F2N2O3S/c1-17(4-5-20-8-9-2-3-9)21(18,19)12-7-10(16)6-11(14)13(12)15/h6-7,9H,2-5,8,16H2,1H3. The third kappa shape index (κ3) is 3.90. The van der Waals surface area contributed by atoms with E-state index in [0.29, 0.717) is 12.5 Å². The Labute approximate surface area is 122 Å². The van der Waals surface area contributed by atoms with Crippen molar-refractivity contribution in [3.8, 4) is 0 Å². The van der Waals surface area contributed by atoms with Crippen molar-refractivity contribution in [2.75, 3.05) is 32.5 Å². The van der Waals surface area contributed by atoms with Gasteiger partial charge in [0.25, 0.3) is 0 Å². The van der Waals surface area contributed by atoms with Gasteiger partial charge in [-0.05, 0) is 30.9 Å². The minimum atomic E-state index is -4.14. The highest BCUT2D eigenvalue weighted by Crippen LogP contribution is 2.28. The number of rotatable bonds is 7. The van der Waals surface area contributed by atoms with Crippen LogP contribution in [0.3, 0.4) is 0 Å². The van der Waals surface area contributed by atoms with Gasteiger partial charge >= 0.3 is 0 Å². The molecule has 0 aromatic heterocycles. The fraction of sp³-hybridized carbons (Fsp3) is 0.538. The number of halogens is 2. The van der Waals surface area contributed by atoms with Gasteiger partial charge in [0, 0.05) is 25.9 Å². The Balaban J connectivity index is 2.05. The number of sulfonamides is 1. The number of likely N-dealkylation sites (N-methyl/N-ethyl adjacent to an activating group) is 1. The molecule has 0 radical (unpaired) electrons. The molecule has 1 aliphatic carbocycles. The first kappa shape index (κ1) is 16.1.